The molecule has 1 aliphatic rings. The molecule has 2 rings (SSSR count). The first-order valence-electron chi connectivity index (χ1n) is 6.99. The van der Waals surface area contributed by atoms with Gasteiger partial charge in [0, 0.05) is 19.2 Å². The summed E-state index contributed by atoms with van der Waals surface area (Å²) in [4.78, 5) is 2.53. The van der Waals surface area contributed by atoms with E-state index >= 15 is 0 Å². The maximum Gasteiger partial charge on any atom is 0.0443 e. The van der Waals surface area contributed by atoms with Gasteiger partial charge in [-0.3, -0.25) is 4.90 Å². The summed E-state index contributed by atoms with van der Waals surface area (Å²) in [5.41, 5.74) is 1.41. The van der Waals surface area contributed by atoms with Gasteiger partial charge in [0.15, 0.2) is 0 Å². The van der Waals surface area contributed by atoms with Gasteiger partial charge in [-0.1, -0.05) is 30.3 Å². The van der Waals surface area contributed by atoms with Crippen LogP contribution in [0.4, 0.5) is 0 Å². The molecule has 2 N–H and O–H groups in total. The zero-order chi connectivity index (χ0) is 12.6. The molecule has 1 heterocycles. The molecule has 0 spiro atoms. The molecule has 3 heteroatoms. The average Bonchev–Trinajstić information content (AvgIpc) is 2.42. The molecule has 18 heavy (non-hydrogen) atoms. The van der Waals surface area contributed by atoms with Crippen LogP contribution in [-0.4, -0.2) is 42.3 Å². The molecular formula is C15H24N2O. The Labute approximate surface area is 110 Å². The van der Waals surface area contributed by atoms with E-state index in [1.165, 1.54) is 31.5 Å². The van der Waals surface area contributed by atoms with Gasteiger partial charge in [0.25, 0.3) is 0 Å². The summed E-state index contributed by atoms with van der Waals surface area (Å²) in [6.07, 6.45) is 3.31. The maximum absolute atomic E-state index is 8.75. The fraction of sp³-hybridized carbons (Fsp3) is 0.600. The fourth-order valence-electron chi connectivity index (χ4n) is 2.52. The Hall–Kier alpha value is -0.900. The van der Waals surface area contributed by atoms with E-state index in [0.29, 0.717) is 12.6 Å². The lowest BCUT2D eigenvalue weighted by Gasteiger charge is -2.32. The molecule has 1 aliphatic heterocycles. The number of nitrogens with zero attached hydrogens (tertiary/aromatic N) is 1. The Morgan fingerprint density at radius 3 is 2.56 bits per heavy atom. The summed E-state index contributed by atoms with van der Waals surface area (Å²) >= 11 is 0. The molecule has 100 valence electrons. The molecule has 1 aromatic rings. The minimum Gasteiger partial charge on any atom is -0.396 e. The van der Waals surface area contributed by atoms with Crippen LogP contribution in [0.2, 0.25) is 0 Å². The SMILES string of the molecule is OCCCNC1CCN(Cc2ccccc2)CC1. The third-order valence-corrected chi connectivity index (χ3v) is 3.60. The molecule has 0 radical (unpaired) electrons. The van der Waals surface area contributed by atoms with Crippen LogP contribution >= 0.6 is 0 Å². The van der Waals surface area contributed by atoms with Crippen molar-refractivity contribution < 1.29 is 5.11 Å². The van der Waals surface area contributed by atoms with Crippen LogP contribution in [0.1, 0.15) is 24.8 Å². The largest absolute Gasteiger partial charge is 0.396 e. The Kier molecular flexibility index (Phi) is 5.65. The highest BCUT2D eigenvalue weighted by Crippen LogP contribution is 2.13. The van der Waals surface area contributed by atoms with E-state index in [2.05, 4.69) is 40.5 Å². The van der Waals surface area contributed by atoms with Crippen LogP contribution < -0.4 is 5.32 Å². The first kappa shape index (κ1) is 13.5. The minimum atomic E-state index is 0.292. The zero-order valence-corrected chi connectivity index (χ0v) is 11.0. The molecule has 1 fully saturated rings. The number of rotatable bonds is 6. The van der Waals surface area contributed by atoms with Crippen LogP contribution in [-0.2, 0) is 6.54 Å². The number of aliphatic hydroxyl groups excluding tert-OH is 1. The second-order valence-electron chi connectivity index (χ2n) is 5.07. The van der Waals surface area contributed by atoms with Crippen molar-refractivity contribution in [1.82, 2.24) is 10.2 Å². The monoisotopic (exact) mass is 248 g/mol. The summed E-state index contributed by atoms with van der Waals surface area (Å²) < 4.78 is 0. The van der Waals surface area contributed by atoms with E-state index in [0.717, 1.165) is 19.5 Å². The Bertz CT molecular complexity index is 321. The highest BCUT2D eigenvalue weighted by molar-refractivity contribution is 5.14. The quantitative estimate of drug-likeness (QED) is 0.751. The summed E-state index contributed by atoms with van der Waals surface area (Å²) in [7, 11) is 0. The first-order valence-corrected chi connectivity index (χ1v) is 6.99. The zero-order valence-electron chi connectivity index (χ0n) is 11.0. The Morgan fingerprint density at radius 1 is 1.17 bits per heavy atom. The highest BCUT2D eigenvalue weighted by Gasteiger charge is 2.18. The van der Waals surface area contributed by atoms with Gasteiger partial charge in [-0.2, -0.15) is 0 Å². The molecule has 0 atom stereocenters. The molecule has 3 nitrogen and oxygen atoms in total. The minimum absolute atomic E-state index is 0.292. The third kappa shape index (κ3) is 4.41. The van der Waals surface area contributed by atoms with Crippen LogP contribution in [0.3, 0.4) is 0 Å². The van der Waals surface area contributed by atoms with Gasteiger partial charge in [0.2, 0.25) is 0 Å². The van der Waals surface area contributed by atoms with Crippen LogP contribution in [0, 0.1) is 0 Å². The van der Waals surface area contributed by atoms with Gasteiger partial charge in [0.05, 0.1) is 0 Å². The van der Waals surface area contributed by atoms with Crippen LogP contribution in [0.15, 0.2) is 30.3 Å². The van der Waals surface area contributed by atoms with Gasteiger partial charge in [0.1, 0.15) is 0 Å². The number of piperidine rings is 1. The molecule has 1 aromatic carbocycles. The predicted molar refractivity (Wildman–Crippen MR) is 74.4 cm³/mol. The number of benzene rings is 1. The Morgan fingerprint density at radius 2 is 1.89 bits per heavy atom. The molecule has 0 saturated carbocycles. The molecule has 0 aromatic heterocycles. The van der Waals surface area contributed by atoms with Crippen LogP contribution in [0.25, 0.3) is 0 Å². The lowest BCUT2D eigenvalue weighted by atomic mass is 10.0. The molecule has 0 bridgehead atoms. The second-order valence-corrected chi connectivity index (χ2v) is 5.07. The van der Waals surface area contributed by atoms with E-state index in [-0.39, 0.29) is 0 Å². The van der Waals surface area contributed by atoms with Crippen molar-refractivity contribution in [2.45, 2.75) is 31.8 Å². The molecule has 0 unspecified atom stereocenters. The Balaban J connectivity index is 1.67. The summed E-state index contributed by atoms with van der Waals surface area (Å²) in [5.74, 6) is 0. The van der Waals surface area contributed by atoms with Crippen molar-refractivity contribution in [3.8, 4) is 0 Å². The fourth-order valence-corrected chi connectivity index (χ4v) is 2.52. The molecule has 0 amide bonds. The van der Waals surface area contributed by atoms with Gasteiger partial charge in [-0.25, -0.2) is 0 Å². The highest BCUT2D eigenvalue weighted by atomic mass is 16.3. The van der Waals surface area contributed by atoms with Crippen molar-refractivity contribution >= 4 is 0 Å². The van der Waals surface area contributed by atoms with E-state index in [4.69, 9.17) is 5.11 Å². The van der Waals surface area contributed by atoms with Gasteiger partial charge in [-0.15, -0.1) is 0 Å². The summed E-state index contributed by atoms with van der Waals surface area (Å²) in [6.45, 7) is 4.65. The van der Waals surface area contributed by atoms with Crippen molar-refractivity contribution in [2.75, 3.05) is 26.2 Å². The van der Waals surface area contributed by atoms with Gasteiger partial charge in [-0.05, 0) is 44.5 Å². The van der Waals surface area contributed by atoms with Gasteiger partial charge < -0.3 is 10.4 Å². The van der Waals surface area contributed by atoms with E-state index in [9.17, 15) is 0 Å². The standard InChI is InChI=1S/C15H24N2O/c18-12-4-9-16-15-7-10-17(11-8-15)13-14-5-2-1-3-6-14/h1-3,5-6,15-16,18H,4,7-13H2. The van der Waals surface area contributed by atoms with Gasteiger partial charge >= 0.3 is 0 Å². The number of hydrogen-bond donors (Lipinski definition) is 2. The number of likely N-dealkylation sites (tertiary alicyclic amines) is 1. The molecule has 1 saturated heterocycles. The summed E-state index contributed by atoms with van der Waals surface area (Å²) in [6, 6.07) is 11.3. The van der Waals surface area contributed by atoms with E-state index in [1.807, 2.05) is 0 Å². The van der Waals surface area contributed by atoms with E-state index < -0.39 is 0 Å². The normalized spacial score (nSPS) is 18.1. The lowest BCUT2D eigenvalue weighted by molar-refractivity contribution is 0.188. The third-order valence-electron chi connectivity index (χ3n) is 3.60. The number of aliphatic hydroxyl groups is 1. The number of nitrogens with one attached hydrogen (secondary N) is 1. The maximum atomic E-state index is 8.75. The smallest absolute Gasteiger partial charge is 0.0443 e. The van der Waals surface area contributed by atoms with Crippen LogP contribution in [0.5, 0.6) is 0 Å². The lowest BCUT2D eigenvalue weighted by Crippen LogP contribution is -2.42. The van der Waals surface area contributed by atoms with Crippen molar-refractivity contribution in [1.29, 1.82) is 0 Å². The van der Waals surface area contributed by atoms with E-state index in [1.54, 1.807) is 0 Å². The predicted octanol–water partition coefficient (Wildman–Crippen LogP) is 1.62. The molecule has 0 aliphatic carbocycles. The second kappa shape index (κ2) is 7.52. The number of hydrogen-bond acceptors (Lipinski definition) is 3. The van der Waals surface area contributed by atoms with Crippen molar-refractivity contribution in [2.24, 2.45) is 0 Å². The summed E-state index contributed by atoms with van der Waals surface area (Å²) in [5, 5.41) is 12.3. The molecular weight excluding hydrogens is 224 g/mol. The first-order chi connectivity index (χ1) is 8.88. The van der Waals surface area contributed by atoms with Crippen molar-refractivity contribution in [3.63, 3.8) is 0 Å². The average molecular weight is 248 g/mol. The topological polar surface area (TPSA) is 35.5 Å². The van der Waals surface area contributed by atoms with Crippen molar-refractivity contribution in [3.05, 3.63) is 35.9 Å².